The van der Waals surface area contributed by atoms with E-state index in [0.717, 1.165) is 11.1 Å². The van der Waals surface area contributed by atoms with Crippen LogP contribution < -0.4 is 5.43 Å². The number of hydrogen-bond acceptors (Lipinski definition) is 5. The molecule has 1 aliphatic heterocycles. The van der Waals surface area contributed by atoms with Crippen molar-refractivity contribution < 1.29 is 26.3 Å². The Labute approximate surface area is 155 Å². The van der Waals surface area contributed by atoms with Gasteiger partial charge in [-0.25, -0.2) is 0 Å². The van der Waals surface area contributed by atoms with Gasteiger partial charge in [-0.2, -0.15) is 0 Å². The molecule has 6 heteroatoms. The molecule has 0 spiro atoms. The van der Waals surface area contributed by atoms with Crippen LogP contribution in [0.3, 0.4) is 0 Å². The summed E-state index contributed by atoms with van der Waals surface area (Å²) in [4.78, 5) is 17.4. The van der Waals surface area contributed by atoms with Gasteiger partial charge in [0.2, 0.25) is 0 Å². The Balaban J connectivity index is 0.00000208. The summed E-state index contributed by atoms with van der Waals surface area (Å²) in [5, 5.41) is 9.72. The van der Waals surface area contributed by atoms with Gasteiger partial charge >= 0.3 is 0 Å². The molecule has 2 aliphatic rings. The number of nitrogens with zero attached hydrogens (tertiary/aromatic N) is 1. The molecule has 0 bridgehead atoms. The fourth-order valence-corrected chi connectivity index (χ4v) is 2.70. The van der Waals surface area contributed by atoms with Crippen LogP contribution in [0.15, 0.2) is 61.6 Å². The largest absolute Gasteiger partial charge is 0.778 e. The first-order valence-electron chi connectivity index (χ1n) is 7.05. The van der Waals surface area contributed by atoms with Crippen LogP contribution in [0, 0.1) is 6.92 Å². The Morgan fingerprint density at radius 3 is 2.62 bits per heavy atom. The topological polar surface area (TPSA) is 62.8 Å². The van der Waals surface area contributed by atoms with Gasteiger partial charge in [-0.15, -0.1) is 4.90 Å². The maximum absolute atomic E-state index is 12.3. The monoisotopic (exact) mass is 383 g/mol. The SMILES string of the molecule is CC(=Nc1ccccc1[S-])c1c2oc(O)cc(C)c-2ccc1=O.[Co]. The number of benzene rings is 2. The normalized spacial score (nSPS) is 11.3. The molecule has 3 rings (SSSR count). The Morgan fingerprint density at radius 1 is 1.21 bits per heavy atom. The van der Waals surface area contributed by atoms with Gasteiger partial charge in [0.15, 0.2) is 11.2 Å². The molecule has 1 aromatic rings. The smallest absolute Gasteiger partial charge is 0.282 e. The summed E-state index contributed by atoms with van der Waals surface area (Å²) >= 11 is 5.24. The first-order chi connectivity index (χ1) is 11.0. The van der Waals surface area contributed by atoms with Gasteiger partial charge in [0, 0.05) is 34.1 Å². The summed E-state index contributed by atoms with van der Waals surface area (Å²) in [7, 11) is 0. The Kier molecular flexibility index (Phi) is 5.43. The number of para-hydroxylation sites is 1. The molecule has 24 heavy (non-hydrogen) atoms. The van der Waals surface area contributed by atoms with Crippen LogP contribution in [0.2, 0.25) is 0 Å². The number of rotatable bonds is 2. The van der Waals surface area contributed by atoms with Crippen LogP contribution in [0.1, 0.15) is 18.1 Å². The zero-order valence-corrected chi connectivity index (χ0v) is 14.9. The summed E-state index contributed by atoms with van der Waals surface area (Å²) in [5.41, 5.74) is 2.81. The molecule has 1 heterocycles. The Bertz CT molecular complexity index is 949. The zero-order valence-electron chi connectivity index (χ0n) is 13.0. The molecule has 1 radical (unpaired) electrons. The minimum Gasteiger partial charge on any atom is -0.778 e. The van der Waals surface area contributed by atoms with Crippen molar-refractivity contribution in [3.8, 4) is 17.3 Å². The van der Waals surface area contributed by atoms with Gasteiger partial charge in [-0.3, -0.25) is 9.79 Å². The van der Waals surface area contributed by atoms with Gasteiger partial charge in [0.25, 0.3) is 5.95 Å². The van der Waals surface area contributed by atoms with E-state index in [0.29, 0.717) is 27.6 Å². The molecule has 4 nitrogen and oxygen atoms in total. The summed E-state index contributed by atoms with van der Waals surface area (Å²) in [6.07, 6.45) is 0. The predicted octanol–water partition coefficient (Wildman–Crippen LogP) is 3.80. The molecule has 125 valence electrons. The van der Waals surface area contributed by atoms with E-state index in [1.54, 1.807) is 25.1 Å². The van der Waals surface area contributed by atoms with E-state index in [9.17, 15) is 9.90 Å². The molecular weight excluding hydrogens is 369 g/mol. The van der Waals surface area contributed by atoms with Crippen molar-refractivity contribution in [3.05, 3.63) is 63.8 Å². The van der Waals surface area contributed by atoms with Gasteiger partial charge < -0.3 is 22.2 Å². The van der Waals surface area contributed by atoms with Crippen LogP contribution in [0.5, 0.6) is 5.95 Å². The Hall–Kier alpha value is -2.15. The van der Waals surface area contributed by atoms with E-state index in [-0.39, 0.29) is 28.2 Å². The second kappa shape index (κ2) is 7.17. The summed E-state index contributed by atoms with van der Waals surface area (Å²) < 4.78 is 5.39. The third-order valence-electron chi connectivity index (χ3n) is 3.61. The first kappa shape index (κ1) is 18.2. The molecule has 1 aliphatic carbocycles. The fourth-order valence-electron chi connectivity index (χ4n) is 2.51. The van der Waals surface area contributed by atoms with Crippen LogP contribution in [0.4, 0.5) is 5.69 Å². The molecule has 0 fully saturated rings. The van der Waals surface area contributed by atoms with Crippen molar-refractivity contribution in [1.82, 2.24) is 0 Å². The van der Waals surface area contributed by atoms with Crippen LogP contribution in [0.25, 0.3) is 11.3 Å². The molecule has 1 aromatic carbocycles. The van der Waals surface area contributed by atoms with Crippen LogP contribution in [-0.2, 0) is 29.4 Å². The molecule has 0 amide bonds. The molecule has 0 aromatic heterocycles. The third-order valence-corrected chi connectivity index (χ3v) is 3.95. The zero-order chi connectivity index (χ0) is 16.6. The second-order valence-electron chi connectivity index (χ2n) is 5.25. The second-order valence-corrected chi connectivity index (χ2v) is 5.69. The van der Waals surface area contributed by atoms with Crippen molar-refractivity contribution in [3.63, 3.8) is 0 Å². The van der Waals surface area contributed by atoms with Gasteiger partial charge in [0.05, 0.1) is 11.3 Å². The molecular formula is C18H14CoNO3S-. The van der Waals surface area contributed by atoms with Crippen molar-refractivity contribution in [1.29, 1.82) is 0 Å². The molecule has 0 saturated heterocycles. The van der Waals surface area contributed by atoms with E-state index in [4.69, 9.17) is 17.0 Å². The van der Waals surface area contributed by atoms with Crippen molar-refractivity contribution in [2.45, 2.75) is 18.7 Å². The number of aromatic hydroxyl groups is 1. The minimum atomic E-state index is -0.238. The van der Waals surface area contributed by atoms with Crippen molar-refractivity contribution in [2.24, 2.45) is 4.99 Å². The van der Waals surface area contributed by atoms with Gasteiger partial charge in [0.1, 0.15) is 0 Å². The maximum Gasteiger partial charge on any atom is 0.282 e. The van der Waals surface area contributed by atoms with Gasteiger partial charge in [-0.05, 0) is 37.6 Å². The number of aryl methyl sites for hydroxylation is 1. The number of aliphatic imine (C=N–C) groups is 1. The van der Waals surface area contributed by atoms with E-state index in [2.05, 4.69) is 4.99 Å². The summed E-state index contributed by atoms with van der Waals surface area (Å²) in [6.45, 7) is 3.57. The summed E-state index contributed by atoms with van der Waals surface area (Å²) in [5.74, 6) is 0.0939. The molecule has 0 unspecified atom stereocenters. The number of hydrogen-bond donors (Lipinski definition) is 1. The average Bonchev–Trinajstić information content (AvgIpc) is 2.48. The molecule has 1 N–H and O–H groups in total. The summed E-state index contributed by atoms with van der Waals surface area (Å²) in [6, 6.07) is 11.9. The minimum absolute atomic E-state index is 0. The van der Waals surface area contributed by atoms with Crippen LogP contribution in [-0.4, -0.2) is 10.8 Å². The standard InChI is InChI=1S/C18H15NO3S.Co/c1-10-9-16(21)22-18-12(10)7-8-14(20)17(18)11(2)19-13-5-3-4-6-15(13)23;/h3-9,21,23H,1-2H3;/p-1. The first-order valence-corrected chi connectivity index (χ1v) is 7.46. The molecule has 0 atom stereocenters. The third kappa shape index (κ3) is 3.35. The van der Waals surface area contributed by atoms with E-state index < -0.39 is 0 Å². The van der Waals surface area contributed by atoms with Crippen molar-refractivity contribution in [2.75, 3.05) is 0 Å². The van der Waals surface area contributed by atoms with E-state index >= 15 is 0 Å². The number of fused-ring (bicyclic) bond motifs is 1. The van der Waals surface area contributed by atoms with E-state index in [1.165, 1.54) is 12.1 Å². The van der Waals surface area contributed by atoms with Crippen molar-refractivity contribution >= 4 is 24.0 Å². The maximum atomic E-state index is 12.3. The van der Waals surface area contributed by atoms with E-state index in [1.807, 2.05) is 19.1 Å². The fraction of sp³-hybridized carbons (Fsp3) is 0.111. The quantitative estimate of drug-likeness (QED) is 0.540. The Morgan fingerprint density at radius 2 is 1.92 bits per heavy atom. The average molecular weight is 383 g/mol. The van der Waals surface area contributed by atoms with Gasteiger partial charge in [-0.1, -0.05) is 18.2 Å². The molecule has 0 saturated carbocycles. The predicted molar refractivity (Wildman–Crippen MR) is 91.9 cm³/mol. The van der Waals surface area contributed by atoms with Crippen LogP contribution >= 0.6 is 0 Å².